The maximum Gasteiger partial charge on any atom is 0.249 e. The van der Waals surface area contributed by atoms with Gasteiger partial charge in [-0.1, -0.05) is 6.92 Å². The maximum atomic E-state index is 10.9. The molecule has 0 radical (unpaired) electrons. The zero-order chi connectivity index (χ0) is 12.0. The third-order valence-electron chi connectivity index (χ3n) is 2.36. The highest BCUT2D eigenvalue weighted by molar-refractivity contribution is 7.10. The Hall–Kier alpha value is -1.31. The van der Waals surface area contributed by atoms with Gasteiger partial charge in [-0.05, 0) is 12.5 Å². The first-order valence-electron chi connectivity index (χ1n) is 5.21. The van der Waals surface area contributed by atoms with Gasteiger partial charge in [0.05, 0.1) is 5.56 Å². The first kappa shape index (κ1) is 12.8. The smallest absolute Gasteiger partial charge is 0.249 e. The van der Waals surface area contributed by atoms with Gasteiger partial charge in [-0.15, -0.1) is 23.7 Å². The largest absolute Gasteiger partial charge is 0.366 e. The van der Waals surface area contributed by atoms with Crippen molar-refractivity contribution in [2.45, 2.75) is 32.4 Å². The van der Waals surface area contributed by atoms with Crippen molar-refractivity contribution >= 4 is 17.2 Å². The Bertz CT molecular complexity index is 392. The molecule has 0 saturated carbocycles. The average molecular weight is 236 g/mol. The van der Waals surface area contributed by atoms with E-state index >= 15 is 0 Å². The molecular weight excluding hydrogens is 220 g/mol. The summed E-state index contributed by atoms with van der Waals surface area (Å²) < 4.78 is 0. The first-order valence-corrected chi connectivity index (χ1v) is 6.09. The zero-order valence-corrected chi connectivity index (χ0v) is 10.1. The second-order valence-corrected chi connectivity index (χ2v) is 4.56. The molecule has 0 saturated heterocycles. The lowest BCUT2D eigenvalue weighted by molar-refractivity contribution is 0.100. The summed E-state index contributed by atoms with van der Waals surface area (Å²) in [6.07, 6.45) is 6.99. The van der Waals surface area contributed by atoms with Gasteiger partial charge < -0.3 is 11.1 Å². The Kier molecular flexibility index (Phi) is 5.03. The second kappa shape index (κ2) is 6.31. The Morgan fingerprint density at radius 3 is 3.00 bits per heavy atom. The number of rotatable bonds is 6. The number of primary amides is 1. The molecule has 0 fully saturated rings. The van der Waals surface area contributed by atoms with Crippen molar-refractivity contribution in [2.24, 2.45) is 5.73 Å². The number of terminal acetylenes is 1. The molecule has 1 rings (SSSR count). The number of thiophene rings is 1. The highest BCUT2D eigenvalue weighted by atomic mass is 32.1. The van der Waals surface area contributed by atoms with Crippen LogP contribution in [0.3, 0.4) is 0 Å². The van der Waals surface area contributed by atoms with Crippen LogP contribution in [0.25, 0.3) is 0 Å². The Morgan fingerprint density at radius 1 is 1.75 bits per heavy atom. The minimum Gasteiger partial charge on any atom is -0.366 e. The van der Waals surface area contributed by atoms with Crippen molar-refractivity contribution in [3.63, 3.8) is 0 Å². The molecule has 1 aromatic heterocycles. The molecule has 3 N–H and O–H groups in total. The molecule has 1 amide bonds. The summed E-state index contributed by atoms with van der Waals surface area (Å²) in [5, 5.41) is 5.13. The predicted molar refractivity (Wildman–Crippen MR) is 67.2 cm³/mol. The van der Waals surface area contributed by atoms with Gasteiger partial charge in [-0.2, -0.15) is 0 Å². The molecule has 1 aromatic rings. The lowest BCUT2D eigenvalue weighted by atomic mass is 10.1. The number of hydrogen-bond donors (Lipinski definition) is 2. The molecule has 4 heteroatoms. The molecule has 0 aromatic carbocycles. The highest BCUT2D eigenvalue weighted by Gasteiger charge is 2.07. The van der Waals surface area contributed by atoms with Crippen molar-refractivity contribution in [3.8, 4) is 12.3 Å². The monoisotopic (exact) mass is 236 g/mol. The number of nitrogens with two attached hydrogens (primary N) is 1. The molecule has 1 unspecified atom stereocenters. The molecule has 0 aliphatic carbocycles. The summed E-state index contributed by atoms with van der Waals surface area (Å²) in [5.74, 6) is 2.27. The summed E-state index contributed by atoms with van der Waals surface area (Å²) in [7, 11) is 0. The Balaban J connectivity index is 2.47. The summed E-state index contributed by atoms with van der Waals surface area (Å²) >= 11 is 1.53. The van der Waals surface area contributed by atoms with Crippen LogP contribution in [0.1, 0.15) is 35.0 Å². The van der Waals surface area contributed by atoms with Crippen LogP contribution in [0, 0.1) is 12.3 Å². The normalized spacial score (nSPS) is 12.0. The van der Waals surface area contributed by atoms with E-state index in [1.807, 2.05) is 6.07 Å². The summed E-state index contributed by atoms with van der Waals surface area (Å²) in [5.41, 5.74) is 5.75. The van der Waals surface area contributed by atoms with Crippen molar-refractivity contribution in [3.05, 3.63) is 21.9 Å². The quantitative estimate of drug-likeness (QED) is 0.739. The molecule has 0 spiro atoms. The Labute approximate surface area is 100 Å². The second-order valence-electron chi connectivity index (χ2n) is 3.56. The zero-order valence-electron chi connectivity index (χ0n) is 9.32. The van der Waals surface area contributed by atoms with Crippen LogP contribution < -0.4 is 11.1 Å². The topological polar surface area (TPSA) is 55.1 Å². The van der Waals surface area contributed by atoms with Crippen molar-refractivity contribution in [2.75, 3.05) is 0 Å². The number of carbonyl (C=O) groups excluding carboxylic acids is 1. The molecule has 1 atom stereocenters. The molecule has 3 nitrogen and oxygen atoms in total. The van der Waals surface area contributed by atoms with Gasteiger partial charge >= 0.3 is 0 Å². The van der Waals surface area contributed by atoms with E-state index in [1.165, 1.54) is 11.3 Å². The molecule has 16 heavy (non-hydrogen) atoms. The van der Waals surface area contributed by atoms with Gasteiger partial charge in [0.15, 0.2) is 0 Å². The van der Waals surface area contributed by atoms with Crippen molar-refractivity contribution in [1.82, 2.24) is 5.32 Å². The van der Waals surface area contributed by atoms with Gasteiger partial charge in [0, 0.05) is 29.3 Å². The van der Waals surface area contributed by atoms with Crippen LogP contribution in [0.15, 0.2) is 11.4 Å². The lowest BCUT2D eigenvalue weighted by Gasteiger charge is -2.12. The fourth-order valence-corrected chi connectivity index (χ4v) is 2.17. The molecule has 1 heterocycles. The van der Waals surface area contributed by atoms with Crippen LogP contribution >= 0.6 is 11.3 Å². The fourth-order valence-electron chi connectivity index (χ4n) is 1.35. The molecule has 0 bridgehead atoms. The van der Waals surface area contributed by atoms with E-state index < -0.39 is 0 Å². The van der Waals surface area contributed by atoms with Crippen LogP contribution in [0.5, 0.6) is 0 Å². The number of hydrogen-bond acceptors (Lipinski definition) is 3. The Morgan fingerprint density at radius 2 is 2.50 bits per heavy atom. The highest BCUT2D eigenvalue weighted by Crippen LogP contribution is 2.14. The van der Waals surface area contributed by atoms with Gasteiger partial charge in [-0.3, -0.25) is 4.79 Å². The van der Waals surface area contributed by atoms with Gasteiger partial charge in [0.2, 0.25) is 5.91 Å². The van der Waals surface area contributed by atoms with Crippen LogP contribution in [-0.4, -0.2) is 11.9 Å². The maximum absolute atomic E-state index is 10.9. The van der Waals surface area contributed by atoms with E-state index in [4.69, 9.17) is 12.2 Å². The van der Waals surface area contributed by atoms with Gasteiger partial charge in [0.25, 0.3) is 0 Å². The van der Waals surface area contributed by atoms with Crippen LogP contribution in [0.2, 0.25) is 0 Å². The molecule has 0 aliphatic rings. The van der Waals surface area contributed by atoms with E-state index in [0.29, 0.717) is 11.6 Å². The minimum atomic E-state index is -0.377. The van der Waals surface area contributed by atoms with E-state index in [9.17, 15) is 4.79 Å². The van der Waals surface area contributed by atoms with E-state index in [2.05, 4.69) is 18.2 Å². The third kappa shape index (κ3) is 3.69. The van der Waals surface area contributed by atoms with E-state index in [1.54, 1.807) is 5.38 Å². The molecular formula is C12H16N2OS. The van der Waals surface area contributed by atoms with Crippen molar-refractivity contribution < 1.29 is 4.79 Å². The summed E-state index contributed by atoms with van der Waals surface area (Å²) in [4.78, 5) is 12.0. The molecule has 86 valence electrons. The number of nitrogens with one attached hydrogen (secondary N) is 1. The van der Waals surface area contributed by atoms with Gasteiger partial charge in [-0.25, -0.2) is 0 Å². The molecule has 0 aliphatic heterocycles. The van der Waals surface area contributed by atoms with Crippen LogP contribution in [0.4, 0.5) is 0 Å². The predicted octanol–water partition coefficient (Wildman–Crippen LogP) is 1.74. The lowest BCUT2D eigenvalue weighted by Crippen LogP contribution is -2.27. The van der Waals surface area contributed by atoms with E-state index in [-0.39, 0.29) is 5.91 Å². The minimum absolute atomic E-state index is 0.337. The average Bonchev–Trinajstić information content (AvgIpc) is 2.73. The van der Waals surface area contributed by atoms with Gasteiger partial charge in [0.1, 0.15) is 0 Å². The number of carbonyl (C=O) groups is 1. The standard InChI is InChI=1S/C12H16N2OS/c1-3-5-10(4-2)14-7-11-6-9(8-16-11)12(13)15/h1,6,8,10,14H,4-5,7H2,2H3,(H2,13,15). The fraction of sp³-hybridized carbons (Fsp3) is 0.417. The third-order valence-corrected chi connectivity index (χ3v) is 3.30. The van der Waals surface area contributed by atoms with Crippen molar-refractivity contribution in [1.29, 1.82) is 0 Å². The summed E-state index contributed by atoms with van der Waals surface area (Å²) in [6.45, 7) is 2.83. The van der Waals surface area contributed by atoms with E-state index in [0.717, 1.165) is 24.3 Å². The number of amides is 1. The van der Waals surface area contributed by atoms with Crippen LogP contribution in [-0.2, 0) is 6.54 Å². The first-order chi connectivity index (χ1) is 7.67. The SMILES string of the molecule is C#CCC(CC)NCc1cc(C(N)=O)cs1. The summed E-state index contributed by atoms with van der Waals surface area (Å²) in [6, 6.07) is 2.16.